The van der Waals surface area contributed by atoms with Crippen molar-refractivity contribution >= 4 is 11.6 Å². The van der Waals surface area contributed by atoms with Crippen LogP contribution in [0.4, 0.5) is 0 Å². The highest BCUT2D eigenvalue weighted by molar-refractivity contribution is 6.20. The Morgan fingerprint density at radius 2 is 1.87 bits per heavy atom. The summed E-state index contributed by atoms with van der Waals surface area (Å²) in [6.07, 6.45) is 7.87. The van der Waals surface area contributed by atoms with Gasteiger partial charge < -0.3 is 0 Å². The van der Waals surface area contributed by atoms with Crippen LogP contribution in [0.25, 0.3) is 0 Å². The maximum Gasteiger partial charge on any atom is 0.0585 e. The molecule has 0 amide bonds. The van der Waals surface area contributed by atoms with Crippen LogP contribution in [0.15, 0.2) is 43.0 Å². The quantitative estimate of drug-likeness (QED) is 0.342. The molecule has 0 saturated carbocycles. The van der Waals surface area contributed by atoms with Crippen molar-refractivity contribution in [1.29, 1.82) is 0 Å². The van der Waals surface area contributed by atoms with Crippen LogP contribution >= 0.6 is 11.6 Å². The summed E-state index contributed by atoms with van der Waals surface area (Å²) >= 11 is 6.30. The third-order valence-corrected chi connectivity index (χ3v) is 3.00. The molecule has 0 aliphatic rings. The van der Waals surface area contributed by atoms with E-state index in [0.29, 0.717) is 0 Å². The number of unbranched alkanes of at least 4 members (excludes halogenated alkanes) is 3. The fourth-order valence-electron chi connectivity index (χ4n) is 1.62. The predicted octanol–water partition coefficient (Wildman–Crippen LogP) is 5.10. The Balaban J connectivity index is 2.19. The lowest BCUT2D eigenvalue weighted by Crippen LogP contribution is -1.90. The van der Waals surface area contributed by atoms with Crippen molar-refractivity contribution in [3.63, 3.8) is 0 Å². The van der Waals surface area contributed by atoms with Crippen molar-refractivity contribution in [3.8, 4) is 0 Å². The molecule has 0 aromatic heterocycles. The molecule has 1 atom stereocenters. The lowest BCUT2D eigenvalue weighted by atomic mass is 10.1. The second-order valence-corrected chi connectivity index (χ2v) is 4.33. The van der Waals surface area contributed by atoms with Gasteiger partial charge in [0.1, 0.15) is 0 Å². The lowest BCUT2D eigenvalue weighted by molar-refractivity contribution is 0.637. The molecule has 1 rings (SSSR count). The third-order valence-electron chi connectivity index (χ3n) is 2.53. The average molecular weight is 223 g/mol. The van der Waals surface area contributed by atoms with Gasteiger partial charge in [0.25, 0.3) is 0 Å². The van der Waals surface area contributed by atoms with E-state index in [1.165, 1.54) is 24.8 Å². The minimum Gasteiger partial charge on any atom is -0.118 e. The van der Waals surface area contributed by atoms with Gasteiger partial charge in [-0.1, -0.05) is 49.2 Å². The Labute approximate surface area is 98.0 Å². The molecule has 0 spiro atoms. The molecule has 1 aromatic carbocycles. The van der Waals surface area contributed by atoms with E-state index in [1.54, 1.807) is 0 Å². The van der Waals surface area contributed by atoms with Crippen LogP contribution in [-0.2, 0) is 0 Å². The molecule has 0 aliphatic heterocycles. The van der Waals surface area contributed by atoms with Crippen molar-refractivity contribution in [1.82, 2.24) is 0 Å². The maximum atomic E-state index is 6.30. The van der Waals surface area contributed by atoms with Crippen LogP contribution in [0.2, 0.25) is 0 Å². The van der Waals surface area contributed by atoms with Gasteiger partial charge in [-0.3, -0.25) is 0 Å². The molecule has 0 fully saturated rings. The molecule has 0 aliphatic carbocycles. The Kier molecular flexibility index (Phi) is 6.18. The second kappa shape index (κ2) is 7.53. The summed E-state index contributed by atoms with van der Waals surface area (Å²) in [5.41, 5.74) is 1.24. The van der Waals surface area contributed by atoms with Gasteiger partial charge in [-0.05, 0) is 24.8 Å². The third kappa shape index (κ3) is 5.03. The molecule has 0 saturated heterocycles. The molecular weight excluding hydrogens is 204 g/mol. The van der Waals surface area contributed by atoms with E-state index in [9.17, 15) is 0 Å². The highest BCUT2D eigenvalue weighted by Gasteiger charge is 2.05. The number of alkyl halides is 1. The molecule has 0 N–H and O–H groups in total. The van der Waals surface area contributed by atoms with Crippen LogP contribution < -0.4 is 0 Å². The zero-order valence-corrected chi connectivity index (χ0v) is 9.92. The minimum absolute atomic E-state index is 0.176. The lowest BCUT2D eigenvalue weighted by Gasteiger charge is -2.08. The van der Waals surface area contributed by atoms with Crippen LogP contribution in [0, 0.1) is 0 Å². The molecule has 1 unspecified atom stereocenters. The number of allylic oxidation sites excluding steroid dienone is 1. The first kappa shape index (κ1) is 12.3. The number of benzene rings is 1. The first-order valence-corrected chi connectivity index (χ1v) is 6.08. The van der Waals surface area contributed by atoms with Crippen LogP contribution in [0.1, 0.15) is 43.0 Å². The van der Waals surface area contributed by atoms with E-state index in [-0.39, 0.29) is 5.38 Å². The predicted molar refractivity (Wildman–Crippen MR) is 68.3 cm³/mol. The van der Waals surface area contributed by atoms with E-state index >= 15 is 0 Å². The van der Waals surface area contributed by atoms with Crippen molar-refractivity contribution in [2.75, 3.05) is 0 Å². The summed E-state index contributed by atoms with van der Waals surface area (Å²) in [6.45, 7) is 3.71. The van der Waals surface area contributed by atoms with E-state index in [4.69, 9.17) is 11.6 Å². The highest BCUT2D eigenvalue weighted by atomic mass is 35.5. The van der Waals surface area contributed by atoms with Gasteiger partial charge in [0.2, 0.25) is 0 Å². The van der Waals surface area contributed by atoms with Gasteiger partial charge in [-0.2, -0.15) is 0 Å². The molecule has 0 bridgehead atoms. The van der Waals surface area contributed by atoms with Gasteiger partial charge in [-0.25, -0.2) is 0 Å². The summed E-state index contributed by atoms with van der Waals surface area (Å²) in [4.78, 5) is 0. The second-order valence-electron chi connectivity index (χ2n) is 3.80. The van der Waals surface area contributed by atoms with Crippen molar-refractivity contribution in [2.24, 2.45) is 0 Å². The van der Waals surface area contributed by atoms with Gasteiger partial charge >= 0.3 is 0 Å². The SMILES string of the molecule is C=CCCCCCC(Cl)c1ccccc1. The Morgan fingerprint density at radius 1 is 1.13 bits per heavy atom. The van der Waals surface area contributed by atoms with Crippen molar-refractivity contribution in [3.05, 3.63) is 48.6 Å². The van der Waals surface area contributed by atoms with Crippen molar-refractivity contribution < 1.29 is 0 Å². The molecule has 82 valence electrons. The number of halogens is 1. The van der Waals surface area contributed by atoms with E-state index in [0.717, 1.165) is 12.8 Å². The largest absolute Gasteiger partial charge is 0.118 e. The Hall–Kier alpha value is -0.750. The van der Waals surface area contributed by atoms with Gasteiger partial charge in [-0.15, -0.1) is 18.2 Å². The minimum atomic E-state index is 0.176. The number of rotatable bonds is 7. The smallest absolute Gasteiger partial charge is 0.0585 e. The van der Waals surface area contributed by atoms with E-state index < -0.39 is 0 Å². The van der Waals surface area contributed by atoms with Crippen molar-refractivity contribution in [2.45, 2.75) is 37.5 Å². The maximum absolute atomic E-state index is 6.30. The number of hydrogen-bond acceptors (Lipinski definition) is 0. The van der Waals surface area contributed by atoms with Gasteiger partial charge in [0, 0.05) is 0 Å². The normalized spacial score (nSPS) is 12.3. The van der Waals surface area contributed by atoms with Crippen LogP contribution in [0.5, 0.6) is 0 Å². The molecule has 1 heteroatoms. The summed E-state index contributed by atoms with van der Waals surface area (Å²) in [5, 5.41) is 0.176. The van der Waals surface area contributed by atoms with Gasteiger partial charge in [0.05, 0.1) is 5.38 Å². The van der Waals surface area contributed by atoms with Crippen LogP contribution in [0.3, 0.4) is 0 Å². The van der Waals surface area contributed by atoms with E-state index in [1.807, 2.05) is 24.3 Å². The zero-order chi connectivity index (χ0) is 10.9. The average Bonchev–Trinajstić information content (AvgIpc) is 2.30. The molecule has 0 heterocycles. The Bertz CT molecular complexity index is 266. The molecule has 1 aromatic rings. The van der Waals surface area contributed by atoms with Crippen LogP contribution in [-0.4, -0.2) is 0 Å². The molecular formula is C14H19Cl. The summed E-state index contributed by atoms with van der Waals surface area (Å²) in [5.74, 6) is 0. The fourth-order valence-corrected chi connectivity index (χ4v) is 1.92. The first-order valence-electron chi connectivity index (χ1n) is 5.64. The van der Waals surface area contributed by atoms with E-state index in [2.05, 4.69) is 18.7 Å². The molecule has 0 nitrogen and oxygen atoms in total. The summed E-state index contributed by atoms with van der Waals surface area (Å²) < 4.78 is 0. The highest BCUT2D eigenvalue weighted by Crippen LogP contribution is 2.26. The van der Waals surface area contributed by atoms with Gasteiger partial charge in [0.15, 0.2) is 0 Å². The Morgan fingerprint density at radius 3 is 2.53 bits per heavy atom. The zero-order valence-electron chi connectivity index (χ0n) is 9.16. The summed E-state index contributed by atoms with van der Waals surface area (Å²) in [7, 11) is 0. The fraction of sp³-hybridized carbons (Fsp3) is 0.429. The molecule has 0 radical (unpaired) electrons. The number of hydrogen-bond donors (Lipinski definition) is 0. The standard InChI is InChI=1S/C14H19Cl/c1-2-3-4-5-9-12-14(15)13-10-7-6-8-11-13/h2,6-8,10-11,14H,1,3-5,9,12H2. The summed E-state index contributed by atoms with van der Waals surface area (Å²) in [6, 6.07) is 10.3. The molecule has 15 heavy (non-hydrogen) atoms. The topological polar surface area (TPSA) is 0 Å². The first-order chi connectivity index (χ1) is 7.34. The monoisotopic (exact) mass is 222 g/mol.